The number of nitrogens with zero attached hydrogens (tertiary/aromatic N) is 4. The summed E-state index contributed by atoms with van der Waals surface area (Å²) >= 11 is 2.93. The summed E-state index contributed by atoms with van der Waals surface area (Å²) in [5.74, 6) is 1.05. The van der Waals surface area contributed by atoms with Crippen molar-refractivity contribution in [3.05, 3.63) is 24.5 Å². The lowest BCUT2D eigenvalue weighted by Crippen LogP contribution is -2.26. The van der Waals surface area contributed by atoms with Crippen molar-refractivity contribution >= 4 is 23.5 Å². The first-order valence-corrected chi connectivity index (χ1v) is 8.26. The Morgan fingerprint density at radius 2 is 2.35 bits per heavy atom. The highest BCUT2D eigenvalue weighted by atomic mass is 32.2. The Morgan fingerprint density at radius 3 is 3.05 bits per heavy atom. The third-order valence-electron chi connectivity index (χ3n) is 3.05. The summed E-state index contributed by atoms with van der Waals surface area (Å²) in [5, 5.41) is 9.93. The molecule has 0 radical (unpaired) electrons. The topological polar surface area (TPSA) is 53.5 Å². The van der Waals surface area contributed by atoms with Crippen molar-refractivity contribution in [1.29, 1.82) is 5.26 Å². The largest absolute Gasteiger partial charge is 0.207 e. The van der Waals surface area contributed by atoms with Gasteiger partial charge in [0.05, 0.1) is 23.4 Å². The Hall–Kier alpha value is -1.45. The molecule has 0 aliphatic rings. The summed E-state index contributed by atoms with van der Waals surface area (Å²) in [6, 6.07) is 6.39. The van der Waals surface area contributed by atoms with Gasteiger partial charge >= 0.3 is 0 Å². The van der Waals surface area contributed by atoms with Gasteiger partial charge in [-0.3, -0.25) is 0 Å². The molecule has 4 nitrogen and oxygen atoms in total. The van der Waals surface area contributed by atoms with Gasteiger partial charge in [0.1, 0.15) is 17.8 Å². The van der Waals surface area contributed by atoms with Crippen LogP contribution in [0.15, 0.2) is 29.6 Å². The maximum Gasteiger partial charge on any atom is 0.178 e. The molecule has 6 heteroatoms. The van der Waals surface area contributed by atoms with E-state index < -0.39 is 0 Å². The summed E-state index contributed by atoms with van der Waals surface area (Å²) in [4.78, 5) is 0. The van der Waals surface area contributed by atoms with Crippen molar-refractivity contribution in [2.45, 2.75) is 24.8 Å². The molecular formula is C14H17N4S2+. The molecule has 0 bridgehead atoms. The second kappa shape index (κ2) is 7.36. The fraction of sp³-hybridized carbons (Fsp3) is 0.429. The van der Waals surface area contributed by atoms with Crippen LogP contribution in [0.25, 0.3) is 11.3 Å². The van der Waals surface area contributed by atoms with Gasteiger partial charge in [-0.2, -0.15) is 14.0 Å². The van der Waals surface area contributed by atoms with Crippen molar-refractivity contribution in [2.75, 3.05) is 5.75 Å². The second-order valence-corrected chi connectivity index (χ2v) is 6.16. The van der Waals surface area contributed by atoms with Crippen molar-refractivity contribution in [1.82, 2.24) is 8.75 Å². The molecule has 0 spiro atoms. The smallest absolute Gasteiger partial charge is 0.178 e. The molecule has 0 saturated carbocycles. The molecule has 0 aliphatic carbocycles. The van der Waals surface area contributed by atoms with Gasteiger partial charge in [-0.25, -0.2) is 4.57 Å². The van der Waals surface area contributed by atoms with Crippen LogP contribution in [0.1, 0.15) is 19.8 Å². The Bertz CT molecular complexity index is 603. The first-order valence-electron chi connectivity index (χ1n) is 6.55. The molecule has 1 atom stereocenters. The van der Waals surface area contributed by atoms with E-state index in [1.165, 1.54) is 11.7 Å². The number of nitriles is 1. The van der Waals surface area contributed by atoms with Crippen LogP contribution in [-0.2, 0) is 7.05 Å². The first-order chi connectivity index (χ1) is 9.74. The van der Waals surface area contributed by atoms with Gasteiger partial charge in [-0.15, -0.1) is 11.8 Å². The number of hydrogen-bond donors (Lipinski definition) is 0. The predicted molar refractivity (Wildman–Crippen MR) is 81.3 cm³/mol. The summed E-state index contributed by atoms with van der Waals surface area (Å²) in [7, 11) is 1.99. The van der Waals surface area contributed by atoms with Gasteiger partial charge in [0.2, 0.25) is 0 Å². The van der Waals surface area contributed by atoms with Gasteiger partial charge in [-0.1, -0.05) is 6.92 Å². The first kappa shape index (κ1) is 14.9. The number of rotatable bonds is 6. The van der Waals surface area contributed by atoms with E-state index in [1.807, 2.05) is 36.1 Å². The van der Waals surface area contributed by atoms with Crippen molar-refractivity contribution in [2.24, 2.45) is 13.0 Å². The Labute approximate surface area is 127 Å². The molecule has 20 heavy (non-hydrogen) atoms. The van der Waals surface area contributed by atoms with E-state index in [0.29, 0.717) is 0 Å². The van der Waals surface area contributed by atoms with E-state index >= 15 is 0 Å². The SMILES string of the molecule is CCC(C#N)CCSc1nsnc1-c1ccc[n+](C)c1. The Balaban J connectivity index is 2.04. The minimum Gasteiger partial charge on any atom is -0.207 e. The van der Waals surface area contributed by atoms with E-state index in [9.17, 15) is 0 Å². The van der Waals surface area contributed by atoms with Crippen LogP contribution in [0.4, 0.5) is 0 Å². The van der Waals surface area contributed by atoms with Crippen LogP contribution < -0.4 is 4.57 Å². The van der Waals surface area contributed by atoms with Crippen LogP contribution in [0, 0.1) is 17.2 Å². The zero-order valence-electron chi connectivity index (χ0n) is 11.6. The predicted octanol–water partition coefficient (Wildman–Crippen LogP) is 3.06. The summed E-state index contributed by atoms with van der Waals surface area (Å²) < 4.78 is 10.8. The Morgan fingerprint density at radius 1 is 1.50 bits per heavy atom. The minimum atomic E-state index is 0.145. The number of pyridine rings is 1. The number of hydrogen-bond acceptors (Lipinski definition) is 5. The summed E-state index contributed by atoms with van der Waals surface area (Å²) in [5.41, 5.74) is 2.03. The fourth-order valence-corrected chi connectivity index (χ4v) is 3.58. The number of aromatic nitrogens is 3. The van der Waals surface area contributed by atoms with Gasteiger partial charge in [0, 0.05) is 17.7 Å². The van der Waals surface area contributed by atoms with E-state index in [4.69, 9.17) is 5.26 Å². The van der Waals surface area contributed by atoms with Crippen molar-refractivity contribution < 1.29 is 4.57 Å². The van der Waals surface area contributed by atoms with Crippen LogP contribution in [0.5, 0.6) is 0 Å². The highest BCUT2D eigenvalue weighted by Gasteiger charge is 2.14. The second-order valence-electron chi connectivity index (χ2n) is 4.55. The highest BCUT2D eigenvalue weighted by molar-refractivity contribution is 7.99. The van der Waals surface area contributed by atoms with Gasteiger partial charge in [0.15, 0.2) is 12.4 Å². The van der Waals surface area contributed by atoms with Gasteiger partial charge < -0.3 is 0 Å². The van der Waals surface area contributed by atoms with E-state index in [-0.39, 0.29) is 5.92 Å². The normalized spacial score (nSPS) is 12.1. The lowest BCUT2D eigenvalue weighted by atomic mass is 10.1. The zero-order valence-corrected chi connectivity index (χ0v) is 13.2. The van der Waals surface area contributed by atoms with Crippen LogP contribution in [-0.4, -0.2) is 14.5 Å². The quantitative estimate of drug-likeness (QED) is 0.608. The molecule has 0 N–H and O–H groups in total. The molecule has 0 aromatic carbocycles. The standard InChI is InChI=1S/C14H17N4S2/c1-3-11(9-15)6-8-19-14-13(16-20-17-14)12-5-4-7-18(2)10-12/h4-5,7,10-11H,3,6,8H2,1-2H3/q+1. The lowest BCUT2D eigenvalue weighted by Gasteiger charge is -2.04. The molecule has 0 aliphatic heterocycles. The molecular weight excluding hydrogens is 288 g/mol. The monoisotopic (exact) mass is 305 g/mol. The average Bonchev–Trinajstić information content (AvgIpc) is 2.92. The molecule has 2 heterocycles. The van der Waals surface area contributed by atoms with E-state index in [0.717, 1.165) is 34.9 Å². The third kappa shape index (κ3) is 3.78. The zero-order chi connectivity index (χ0) is 14.4. The molecule has 0 saturated heterocycles. The van der Waals surface area contributed by atoms with Crippen molar-refractivity contribution in [3.63, 3.8) is 0 Å². The fourth-order valence-electron chi connectivity index (χ4n) is 1.84. The molecule has 0 fully saturated rings. The van der Waals surface area contributed by atoms with E-state index in [2.05, 4.69) is 21.7 Å². The number of thioether (sulfide) groups is 1. The van der Waals surface area contributed by atoms with Gasteiger partial charge in [0.25, 0.3) is 0 Å². The maximum absolute atomic E-state index is 8.96. The van der Waals surface area contributed by atoms with Crippen LogP contribution in [0.3, 0.4) is 0 Å². The lowest BCUT2D eigenvalue weighted by molar-refractivity contribution is -0.671. The van der Waals surface area contributed by atoms with Crippen molar-refractivity contribution in [3.8, 4) is 17.3 Å². The average molecular weight is 305 g/mol. The molecule has 1 unspecified atom stereocenters. The van der Waals surface area contributed by atoms with Crippen LogP contribution >= 0.6 is 23.5 Å². The highest BCUT2D eigenvalue weighted by Crippen LogP contribution is 2.29. The summed E-state index contributed by atoms with van der Waals surface area (Å²) in [6.45, 7) is 2.05. The number of aryl methyl sites for hydroxylation is 1. The molecule has 2 aromatic rings. The van der Waals surface area contributed by atoms with Gasteiger partial charge in [-0.05, 0) is 18.9 Å². The minimum absolute atomic E-state index is 0.145. The molecule has 2 rings (SSSR count). The molecule has 0 amide bonds. The third-order valence-corrected chi connectivity index (χ3v) is 4.69. The Kier molecular flexibility index (Phi) is 5.50. The van der Waals surface area contributed by atoms with E-state index in [1.54, 1.807) is 11.8 Å². The van der Waals surface area contributed by atoms with Crippen LogP contribution in [0.2, 0.25) is 0 Å². The summed E-state index contributed by atoms with van der Waals surface area (Å²) in [6.07, 6.45) is 5.85. The maximum atomic E-state index is 8.96. The molecule has 2 aromatic heterocycles. The molecule has 104 valence electrons.